The summed E-state index contributed by atoms with van der Waals surface area (Å²) in [4.78, 5) is 4.09. The molecule has 2 rings (SSSR count). The predicted molar refractivity (Wildman–Crippen MR) is 76.7 cm³/mol. The Hall–Kier alpha value is -1.32. The van der Waals surface area contributed by atoms with E-state index in [-0.39, 0.29) is 10.6 Å². The zero-order valence-corrected chi connectivity index (χ0v) is 12.8. The summed E-state index contributed by atoms with van der Waals surface area (Å²) in [6.45, 7) is 1.34. The Morgan fingerprint density at radius 2 is 1.91 bits per heavy atom. The Labute approximate surface area is 128 Å². The topological polar surface area (TPSA) is 53.0 Å². The SMILES string of the molecule is CN1CCN(c2cc(S(=O)O)ccc2OCC(F)(F)F)CC1. The maximum absolute atomic E-state index is 12.3. The van der Waals surface area contributed by atoms with Crippen LogP contribution < -0.4 is 9.64 Å². The molecule has 0 bridgehead atoms. The number of anilines is 1. The summed E-state index contributed by atoms with van der Waals surface area (Å²) in [6, 6.07) is 4.01. The number of hydrogen-bond donors (Lipinski definition) is 1. The number of ether oxygens (including phenoxy) is 1. The summed E-state index contributed by atoms with van der Waals surface area (Å²) >= 11 is -2.19. The van der Waals surface area contributed by atoms with Crippen molar-refractivity contribution in [3.8, 4) is 5.75 Å². The van der Waals surface area contributed by atoms with E-state index in [1.807, 2.05) is 11.9 Å². The van der Waals surface area contributed by atoms with Crippen molar-refractivity contribution in [2.45, 2.75) is 11.1 Å². The van der Waals surface area contributed by atoms with E-state index in [0.29, 0.717) is 18.8 Å². The van der Waals surface area contributed by atoms with Gasteiger partial charge in [-0.2, -0.15) is 13.2 Å². The fraction of sp³-hybridized carbons (Fsp3) is 0.538. The lowest BCUT2D eigenvalue weighted by molar-refractivity contribution is -0.153. The van der Waals surface area contributed by atoms with Gasteiger partial charge in [-0.25, -0.2) is 4.21 Å². The third-order valence-electron chi connectivity index (χ3n) is 3.37. The van der Waals surface area contributed by atoms with E-state index in [2.05, 4.69) is 4.90 Å². The van der Waals surface area contributed by atoms with Gasteiger partial charge < -0.3 is 19.1 Å². The van der Waals surface area contributed by atoms with Gasteiger partial charge in [0.25, 0.3) is 0 Å². The Balaban J connectivity index is 2.25. The first kappa shape index (κ1) is 17.0. The van der Waals surface area contributed by atoms with Gasteiger partial charge in [0.05, 0.1) is 10.6 Å². The third kappa shape index (κ3) is 4.59. The Morgan fingerprint density at radius 3 is 2.45 bits per heavy atom. The molecule has 0 aliphatic carbocycles. The van der Waals surface area contributed by atoms with Crippen LogP contribution in [0.3, 0.4) is 0 Å². The number of alkyl halides is 3. The van der Waals surface area contributed by atoms with E-state index in [0.717, 1.165) is 13.1 Å². The molecule has 1 N–H and O–H groups in total. The quantitative estimate of drug-likeness (QED) is 0.851. The molecule has 0 aromatic heterocycles. The number of benzene rings is 1. The molecule has 0 spiro atoms. The molecule has 1 aromatic rings. The van der Waals surface area contributed by atoms with Crippen molar-refractivity contribution >= 4 is 16.8 Å². The fourth-order valence-corrected chi connectivity index (χ4v) is 2.58. The van der Waals surface area contributed by atoms with Gasteiger partial charge in [0, 0.05) is 26.2 Å². The molecule has 124 valence electrons. The molecule has 0 saturated carbocycles. The minimum atomic E-state index is -4.43. The minimum Gasteiger partial charge on any atom is -0.482 e. The lowest BCUT2D eigenvalue weighted by atomic mass is 10.2. The Bertz CT molecular complexity index is 546. The summed E-state index contributed by atoms with van der Waals surface area (Å²) in [6.07, 6.45) is -4.43. The maximum atomic E-state index is 12.3. The molecule has 1 aromatic carbocycles. The molecule has 0 amide bonds. The molecule has 1 fully saturated rings. The normalized spacial score (nSPS) is 18.3. The summed E-state index contributed by atoms with van der Waals surface area (Å²) in [7, 11) is 1.96. The highest BCUT2D eigenvalue weighted by Crippen LogP contribution is 2.32. The molecule has 1 aliphatic rings. The van der Waals surface area contributed by atoms with Crippen LogP contribution in [-0.4, -0.2) is 59.7 Å². The van der Waals surface area contributed by atoms with E-state index < -0.39 is 23.9 Å². The molecule has 1 saturated heterocycles. The van der Waals surface area contributed by atoms with Crippen LogP contribution in [-0.2, 0) is 11.1 Å². The van der Waals surface area contributed by atoms with Crippen LogP contribution in [0.25, 0.3) is 0 Å². The summed E-state index contributed by atoms with van der Waals surface area (Å²) in [5.74, 6) is 0.0658. The summed E-state index contributed by atoms with van der Waals surface area (Å²) in [5.41, 5.74) is 0.414. The second kappa shape index (κ2) is 6.84. The number of rotatable bonds is 4. The maximum Gasteiger partial charge on any atom is 0.422 e. The minimum absolute atomic E-state index is 0.0658. The Kier molecular flexibility index (Phi) is 5.30. The van der Waals surface area contributed by atoms with Gasteiger partial charge in [0.15, 0.2) is 17.7 Å². The van der Waals surface area contributed by atoms with Crippen molar-refractivity contribution in [1.29, 1.82) is 0 Å². The highest BCUT2D eigenvalue weighted by atomic mass is 32.2. The Morgan fingerprint density at radius 1 is 1.27 bits per heavy atom. The van der Waals surface area contributed by atoms with E-state index in [1.165, 1.54) is 18.2 Å². The number of nitrogens with zero attached hydrogens (tertiary/aromatic N) is 2. The van der Waals surface area contributed by atoms with Gasteiger partial charge in [-0.05, 0) is 25.2 Å². The average molecular weight is 338 g/mol. The van der Waals surface area contributed by atoms with E-state index >= 15 is 0 Å². The second-order valence-electron chi connectivity index (χ2n) is 5.07. The molecule has 9 heteroatoms. The van der Waals surface area contributed by atoms with Gasteiger partial charge in [0.2, 0.25) is 0 Å². The van der Waals surface area contributed by atoms with Gasteiger partial charge in [-0.15, -0.1) is 0 Å². The molecule has 1 atom stereocenters. The lowest BCUT2D eigenvalue weighted by Crippen LogP contribution is -2.44. The van der Waals surface area contributed by atoms with E-state index in [4.69, 9.17) is 9.29 Å². The van der Waals surface area contributed by atoms with Gasteiger partial charge in [-0.3, -0.25) is 0 Å². The average Bonchev–Trinajstić information content (AvgIpc) is 2.45. The largest absolute Gasteiger partial charge is 0.482 e. The van der Waals surface area contributed by atoms with Crippen LogP contribution in [0.1, 0.15) is 0 Å². The van der Waals surface area contributed by atoms with Crippen molar-refractivity contribution in [1.82, 2.24) is 4.90 Å². The first-order chi connectivity index (χ1) is 10.3. The zero-order chi connectivity index (χ0) is 16.3. The summed E-state index contributed by atoms with van der Waals surface area (Å²) in [5, 5.41) is 0. The third-order valence-corrected chi connectivity index (χ3v) is 4.02. The molecular formula is C13H17F3N2O3S. The van der Waals surface area contributed by atoms with Crippen molar-refractivity contribution < 1.29 is 26.7 Å². The highest BCUT2D eigenvalue weighted by Gasteiger charge is 2.29. The molecule has 22 heavy (non-hydrogen) atoms. The smallest absolute Gasteiger partial charge is 0.422 e. The van der Waals surface area contributed by atoms with Crippen molar-refractivity contribution in [3.63, 3.8) is 0 Å². The van der Waals surface area contributed by atoms with Crippen LogP contribution in [0, 0.1) is 0 Å². The van der Waals surface area contributed by atoms with E-state index in [9.17, 15) is 17.4 Å². The van der Waals surface area contributed by atoms with Crippen molar-refractivity contribution in [2.75, 3.05) is 44.7 Å². The first-order valence-corrected chi connectivity index (χ1v) is 7.75. The lowest BCUT2D eigenvalue weighted by Gasteiger charge is -2.35. The summed E-state index contributed by atoms with van der Waals surface area (Å²) < 4.78 is 62.2. The first-order valence-electron chi connectivity index (χ1n) is 6.64. The number of halogens is 3. The van der Waals surface area contributed by atoms with Crippen LogP contribution >= 0.6 is 0 Å². The number of hydrogen-bond acceptors (Lipinski definition) is 4. The van der Waals surface area contributed by atoms with Crippen molar-refractivity contribution in [2.24, 2.45) is 0 Å². The second-order valence-corrected chi connectivity index (χ2v) is 6.04. The molecular weight excluding hydrogens is 321 g/mol. The number of piperazine rings is 1. The fourth-order valence-electron chi connectivity index (χ4n) is 2.18. The zero-order valence-electron chi connectivity index (χ0n) is 12.0. The molecule has 0 radical (unpaired) electrons. The highest BCUT2D eigenvalue weighted by molar-refractivity contribution is 7.79. The molecule has 1 aliphatic heterocycles. The monoisotopic (exact) mass is 338 g/mol. The van der Waals surface area contributed by atoms with Crippen LogP contribution in [0.5, 0.6) is 5.75 Å². The van der Waals surface area contributed by atoms with Gasteiger partial charge in [0.1, 0.15) is 5.75 Å². The molecule has 1 heterocycles. The number of likely N-dealkylation sites (N-methyl/N-ethyl adjacent to an activating group) is 1. The molecule has 5 nitrogen and oxygen atoms in total. The van der Waals surface area contributed by atoms with Crippen LogP contribution in [0.4, 0.5) is 18.9 Å². The van der Waals surface area contributed by atoms with Crippen molar-refractivity contribution in [3.05, 3.63) is 18.2 Å². The van der Waals surface area contributed by atoms with Gasteiger partial charge >= 0.3 is 6.18 Å². The standard InChI is InChI=1S/C13H17F3N2O3S/c1-17-4-6-18(7-5-17)11-8-10(22(19)20)2-3-12(11)21-9-13(14,15)16/h2-3,8H,4-7,9H2,1H3,(H,19,20). The molecule has 1 unspecified atom stereocenters. The van der Waals surface area contributed by atoms with Crippen LogP contribution in [0.15, 0.2) is 23.1 Å². The van der Waals surface area contributed by atoms with E-state index in [1.54, 1.807) is 0 Å². The van der Waals surface area contributed by atoms with Crippen LogP contribution in [0.2, 0.25) is 0 Å². The van der Waals surface area contributed by atoms with Gasteiger partial charge in [-0.1, -0.05) is 0 Å². The predicted octanol–water partition coefficient (Wildman–Crippen LogP) is 1.96.